The van der Waals surface area contributed by atoms with Gasteiger partial charge in [-0.15, -0.1) is 0 Å². The lowest BCUT2D eigenvalue weighted by Gasteiger charge is -2.33. The summed E-state index contributed by atoms with van der Waals surface area (Å²) < 4.78 is 5.49. The van der Waals surface area contributed by atoms with Crippen LogP contribution in [0, 0.1) is 20.8 Å². The average molecular weight is 323 g/mol. The van der Waals surface area contributed by atoms with Gasteiger partial charge in [0.05, 0.1) is 5.56 Å². The van der Waals surface area contributed by atoms with Gasteiger partial charge in [0.25, 0.3) is 5.91 Å². The summed E-state index contributed by atoms with van der Waals surface area (Å²) in [5.41, 5.74) is 4.07. The first-order chi connectivity index (χ1) is 11.3. The maximum Gasteiger partial charge on any atom is 0.339 e. The van der Waals surface area contributed by atoms with Crippen LogP contribution in [0.15, 0.2) is 36.4 Å². The van der Waals surface area contributed by atoms with E-state index >= 15 is 0 Å². The number of benzene rings is 2. The molecule has 0 aliphatic carbocycles. The van der Waals surface area contributed by atoms with Crippen LogP contribution in [0.1, 0.15) is 39.5 Å². The highest BCUT2D eigenvalue weighted by Crippen LogP contribution is 2.30. The molecule has 0 saturated heterocycles. The number of cyclic esters (lactones) is 1. The van der Waals surface area contributed by atoms with Crippen LogP contribution in [0.3, 0.4) is 0 Å². The van der Waals surface area contributed by atoms with Crippen LogP contribution in [-0.4, -0.2) is 17.5 Å². The molecule has 3 rings (SSSR count). The number of hydrogen-bond donors (Lipinski definition) is 1. The summed E-state index contributed by atoms with van der Waals surface area (Å²) in [5, 5.41) is 2.90. The van der Waals surface area contributed by atoms with Gasteiger partial charge in [-0.2, -0.15) is 0 Å². The van der Waals surface area contributed by atoms with Crippen molar-refractivity contribution in [3.63, 3.8) is 0 Å². The van der Waals surface area contributed by atoms with Gasteiger partial charge in [0.2, 0.25) is 0 Å². The summed E-state index contributed by atoms with van der Waals surface area (Å²) in [7, 11) is 0. The summed E-state index contributed by atoms with van der Waals surface area (Å²) in [6.07, 6.45) is 0.368. The van der Waals surface area contributed by atoms with Crippen molar-refractivity contribution in [3.8, 4) is 0 Å². The molecule has 4 nitrogen and oxygen atoms in total. The molecule has 0 fully saturated rings. The standard InChI is InChI=1S/C20H21NO3/c1-12-6-8-17(14(3)9-12)21-19(23)20(4)11-15-10-13(2)5-7-16(15)18(22)24-20/h5-10H,11H2,1-4H3,(H,21,23). The Hall–Kier alpha value is -2.62. The molecule has 1 N–H and O–H groups in total. The first-order valence-electron chi connectivity index (χ1n) is 8.00. The van der Waals surface area contributed by atoms with E-state index in [0.717, 1.165) is 27.9 Å². The van der Waals surface area contributed by atoms with Crippen LogP contribution in [-0.2, 0) is 16.0 Å². The molecule has 2 aromatic rings. The fourth-order valence-corrected chi connectivity index (χ4v) is 3.06. The van der Waals surface area contributed by atoms with Gasteiger partial charge in [0, 0.05) is 12.1 Å². The number of aryl methyl sites for hydroxylation is 3. The van der Waals surface area contributed by atoms with Crippen molar-refractivity contribution in [2.45, 2.75) is 39.7 Å². The fourth-order valence-electron chi connectivity index (χ4n) is 3.06. The Balaban J connectivity index is 1.88. The third kappa shape index (κ3) is 2.92. The highest BCUT2D eigenvalue weighted by atomic mass is 16.6. The maximum atomic E-state index is 12.8. The molecule has 2 aromatic carbocycles. The van der Waals surface area contributed by atoms with Crippen LogP contribution < -0.4 is 5.32 Å². The molecule has 1 atom stereocenters. The number of ether oxygens (including phenoxy) is 1. The number of hydrogen-bond acceptors (Lipinski definition) is 3. The smallest absolute Gasteiger partial charge is 0.339 e. The van der Waals surface area contributed by atoms with Gasteiger partial charge in [0.15, 0.2) is 5.60 Å². The SMILES string of the molecule is Cc1ccc(NC(=O)C2(C)Cc3cc(C)ccc3C(=O)O2)c(C)c1. The van der Waals surface area contributed by atoms with Crippen LogP contribution in [0.4, 0.5) is 5.69 Å². The molecule has 4 heteroatoms. The Morgan fingerprint density at radius 1 is 1.08 bits per heavy atom. The molecule has 1 heterocycles. The van der Waals surface area contributed by atoms with Crippen molar-refractivity contribution in [1.82, 2.24) is 0 Å². The molecule has 24 heavy (non-hydrogen) atoms. The molecule has 0 saturated carbocycles. The zero-order valence-corrected chi connectivity index (χ0v) is 14.4. The topological polar surface area (TPSA) is 55.4 Å². The van der Waals surface area contributed by atoms with E-state index in [4.69, 9.17) is 4.74 Å². The number of amides is 1. The van der Waals surface area contributed by atoms with E-state index in [-0.39, 0.29) is 5.91 Å². The summed E-state index contributed by atoms with van der Waals surface area (Å²) in [5.74, 6) is -0.760. The Morgan fingerprint density at radius 2 is 1.75 bits per heavy atom. The molecule has 1 aliphatic rings. The number of esters is 1. The summed E-state index contributed by atoms with van der Waals surface area (Å²) >= 11 is 0. The first-order valence-corrected chi connectivity index (χ1v) is 8.00. The van der Waals surface area contributed by atoms with Crippen LogP contribution >= 0.6 is 0 Å². The zero-order valence-electron chi connectivity index (χ0n) is 14.4. The van der Waals surface area contributed by atoms with E-state index < -0.39 is 11.6 Å². The third-order valence-electron chi connectivity index (χ3n) is 4.44. The molecule has 0 radical (unpaired) electrons. The molecule has 0 aromatic heterocycles. The van der Waals surface area contributed by atoms with Crippen LogP contribution in [0.5, 0.6) is 0 Å². The van der Waals surface area contributed by atoms with Crippen molar-refractivity contribution in [2.24, 2.45) is 0 Å². The summed E-state index contributed by atoms with van der Waals surface area (Å²) in [6, 6.07) is 11.4. The number of fused-ring (bicyclic) bond motifs is 1. The average Bonchev–Trinajstić information content (AvgIpc) is 2.49. The molecular weight excluding hydrogens is 302 g/mol. The van der Waals surface area contributed by atoms with Gasteiger partial charge in [-0.3, -0.25) is 4.79 Å². The summed E-state index contributed by atoms with van der Waals surface area (Å²) in [6.45, 7) is 7.57. The molecule has 1 aliphatic heterocycles. The van der Waals surface area contributed by atoms with E-state index in [1.54, 1.807) is 13.0 Å². The molecule has 0 spiro atoms. The molecule has 1 amide bonds. The third-order valence-corrected chi connectivity index (χ3v) is 4.44. The molecular formula is C20H21NO3. The zero-order chi connectivity index (χ0) is 17.5. The Labute approximate surface area is 141 Å². The Morgan fingerprint density at radius 3 is 2.46 bits per heavy atom. The predicted octanol–water partition coefficient (Wildman–Crippen LogP) is 3.72. The predicted molar refractivity (Wildman–Crippen MR) is 93.2 cm³/mol. The van der Waals surface area contributed by atoms with Crippen molar-refractivity contribution >= 4 is 17.6 Å². The number of rotatable bonds is 2. The minimum absolute atomic E-state index is 0.310. The van der Waals surface area contributed by atoms with Gasteiger partial charge < -0.3 is 10.1 Å². The maximum absolute atomic E-state index is 12.8. The highest BCUT2D eigenvalue weighted by molar-refractivity contribution is 6.02. The van der Waals surface area contributed by atoms with E-state index in [1.807, 2.05) is 51.1 Å². The molecule has 1 unspecified atom stereocenters. The monoisotopic (exact) mass is 323 g/mol. The summed E-state index contributed by atoms with van der Waals surface area (Å²) in [4.78, 5) is 25.1. The van der Waals surface area contributed by atoms with E-state index in [2.05, 4.69) is 5.32 Å². The van der Waals surface area contributed by atoms with E-state index in [9.17, 15) is 9.59 Å². The number of nitrogens with one attached hydrogen (secondary N) is 1. The second-order valence-electron chi connectivity index (χ2n) is 6.73. The minimum Gasteiger partial charge on any atom is -0.445 e. The van der Waals surface area contributed by atoms with Gasteiger partial charge in [-0.05, 0) is 51.0 Å². The second kappa shape index (κ2) is 5.78. The van der Waals surface area contributed by atoms with Crippen molar-refractivity contribution in [2.75, 3.05) is 5.32 Å². The lowest BCUT2D eigenvalue weighted by atomic mass is 9.88. The number of carbonyl (C=O) groups excluding carboxylic acids is 2. The lowest BCUT2D eigenvalue weighted by molar-refractivity contribution is -0.134. The Kier molecular flexibility index (Phi) is 3.91. The quantitative estimate of drug-likeness (QED) is 0.857. The minimum atomic E-state index is -1.21. The second-order valence-corrected chi connectivity index (χ2v) is 6.73. The first kappa shape index (κ1) is 16.2. The van der Waals surface area contributed by atoms with Crippen molar-refractivity contribution < 1.29 is 14.3 Å². The van der Waals surface area contributed by atoms with Crippen molar-refractivity contribution in [1.29, 1.82) is 0 Å². The fraction of sp³-hybridized carbons (Fsp3) is 0.300. The Bertz CT molecular complexity index is 841. The van der Waals surface area contributed by atoms with Crippen LogP contribution in [0.2, 0.25) is 0 Å². The highest BCUT2D eigenvalue weighted by Gasteiger charge is 2.42. The molecule has 124 valence electrons. The number of anilines is 1. The number of carbonyl (C=O) groups is 2. The van der Waals surface area contributed by atoms with E-state index in [0.29, 0.717) is 12.0 Å². The normalized spacial score (nSPS) is 19.4. The van der Waals surface area contributed by atoms with E-state index in [1.165, 1.54) is 0 Å². The van der Waals surface area contributed by atoms with Gasteiger partial charge in [0.1, 0.15) is 0 Å². The lowest BCUT2D eigenvalue weighted by Crippen LogP contribution is -2.49. The van der Waals surface area contributed by atoms with Crippen molar-refractivity contribution in [3.05, 3.63) is 64.2 Å². The largest absolute Gasteiger partial charge is 0.445 e. The van der Waals surface area contributed by atoms with Crippen LogP contribution in [0.25, 0.3) is 0 Å². The van der Waals surface area contributed by atoms with Gasteiger partial charge in [-0.25, -0.2) is 4.79 Å². The molecule has 0 bridgehead atoms. The van der Waals surface area contributed by atoms with Gasteiger partial charge in [-0.1, -0.05) is 35.4 Å². The van der Waals surface area contributed by atoms with Gasteiger partial charge >= 0.3 is 5.97 Å².